The second-order valence-electron chi connectivity index (χ2n) is 3.93. The van der Waals surface area contributed by atoms with E-state index in [0.717, 1.165) is 5.69 Å². The standard InChI is InChI=1S/C11H15NO2S/c1-10-4-2-3-5-11(10)12-6-8-15(13,14)9-7-12/h2-5H,6-9H2,1H3. The molecule has 1 saturated heterocycles. The van der Waals surface area contributed by atoms with Crippen molar-refractivity contribution >= 4 is 15.5 Å². The summed E-state index contributed by atoms with van der Waals surface area (Å²) in [7, 11) is -2.78. The molecule has 0 aliphatic carbocycles. The maximum atomic E-state index is 11.3. The highest BCUT2D eigenvalue weighted by Gasteiger charge is 2.22. The number of sulfone groups is 1. The molecular weight excluding hydrogens is 210 g/mol. The molecule has 1 aromatic rings. The minimum Gasteiger partial charge on any atom is -0.369 e. The van der Waals surface area contributed by atoms with E-state index in [1.54, 1.807) is 0 Å². The van der Waals surface area contributed by atoms with Crippen LogP contribution in [0.2, 0.25) is 0 Å². The molecule has 1 aliphatic heterocycles. The van der Waals surface area contributed by atoms with Crippen LogP contribution in [0.1, 0.15) is 5.56 Å². The topological polar surface area (TPSA) is 37.4 Å². The van der Waals surface area contributed by atoms with Gasteiger partial charge in [-0.05, 0) is 18.6 Å². The van der Waals surface area contributed by atoms with E-state index in [1.165, 1.54) is 5.56 Å². The highest BCUT2D eigenvalue weighted by Crippen LogP contribution is 2.21. The smallest absolute Gasteiger partial charge is 0.153 e. The summed E-state index contributed by atoms with van der Waals surface area (Å²) in [5, 5.41) is 0. The minimum atomic E-state index is -2.78. The van der Waals surface area contributed by atoms with E-state index in [4.69, 9.17) is 0 Å². The Morgan fingerprint density at radius 2 is 1.73 bits per heavy atom. The van der Waals surface area contributed by atoms with Gasteiger partial charge in [-0.3, -0.25) is 0 Å². The fourth-order valence-electron chi connectivity index (χ4n) is 1.87. The van der Waals surface area contributed by atoms with Crippen LogP contribution >= 0.6 is 0 Å². The quantitative estimate of drug-likeness (QED) is 0.721. The SMILES string of the molecule is Cc1ccccc1N1CCS(=O)(=O)CC1. The molecule has 0 saturated carbocycles. The van der Waals surface area contributed by atoms with Crippen molar-refractivity contribution in [2.75, 3.05) is 29.5 Å². The van der Waals surface area contributed by atoms with E-state index in [0.29, 0.717) is 13.1 Å². The predicted molar refractivity (Wildman–Crippen MR) is 62.0 cm³/mol. The Hall–Kier alpha value is -1.03. The number of benzene rings is 1. The summed E-state index contributed by atoms with van der Waals surface area (Å²) in [5.41, 5.74) is 2.36. The molecule has 1 heterocycles. The summed E-state index contributed by atoms with van der Waals surface area (Å²) in [6.45, 7) is 3.29. The largest absolute Gasteiger partial charge is 0.369 e. The van der Waals surface area contributed by atoms with Gasteiger partial charge >= 0.3 is 0 Å². The number of rotatable bonds is 1. The van der Waals surface area contributed by atoms with Gasteiger partial charge in [0, 0.05) is 18.8 Å². The van der Waals surface area contributed by atoms with Gasteiger partial charge in [-0.15, -0.1) is 0 Å². The van der Waals surface area contributed by atoms with Gasteiger partial charge in [0.15, 0.2) is 9.84 Å². The molecule has 0 aromatic heterocycles. The zero-order valence-corrected chi connectivity index (χ0v) is 9.63. The monoisotopic (exact) mass is 225 g/mol. The Kier molecular flexibility index (Phi) is 2.69. The molecule has 4 heteroatoms. The maximum Gasteiger partial charge on any atom is 0.153 e. The summed E-state index contributed by atoms with van der Waals surface area (Å²) >= 11 is 0. The Labute approximate surface area is 90.6 Å². The van der Waals surface area contributed by atoms with E-state index in [2.05, 4.69) is 17.9 Å². The molecule has 0 unspecified atom stereocenters. The molecule has 0 N–H and O–H groups in total. The number of nitrogens with zero attached hydrogens (tertiary/aromatic N) is 1. The van der Waals surface area contributed by atoms with Crippen LogP contribution in [0.5, 0.6) is 0 Å². The van der Waals surface area contributed by atoms with Crippen LogP contribution in [0.15, 0.2) is 24.3 Å². The second kappa shape index (κ2) is 3.85. The molecule has 15 heavy (non-hydrogen) atoms. The van der Waals surface area contributed by atoms with Crippen LogP contribution in [-0.2, 0) is 9.84 Å². The van der Waals surface area contributed by atoms with Crippen molar-refractivity contribution in [1.29, 1.82) is 0 Å². The molecule has 82 valence electrons. The summed E-state index contributed by atoms with van der Waals surface area (Å²) in [6.07, 6.45) is 0. The van der Waals surface area contributed by atoms with E-state index in [9.17, 15) is 8.42 Å². The van der Waals surface area contributed by atoms with Gasteiger partial charge in [-0.25, -0.2) is 8.42 Å². The third kappa shape index (κ3) is 2.31. The lowest BCUT2D eigenvalue weighted by molar-refractivity contribution is 0.586. The number of hydrogen-bond acceptors (Lipinski definition) is 3. The van der Waals surface area contributed by atoms with Crippen LogP contribution in [0.3, 0.4) is 0 Å². The minimum absolute atomic E-state index is 0.279. The molecule has 3 nitrogen and oxygen atoms in total. The van der Waals surface area contributed by atoms with Crippen molar-refractivity contribution in [2.24, 2.45) is 0 Å². The summed E-state index contributed by atoms with van der Waals surface area (Å²) in [6, 6.07) is 8.09. The van der Waals surface area contributed by atoms with Crippen molar-refractivity contribution in [3.63, 3.8) is 0 Å². The van der Waals surface area contributed by atoms with Gasteiger partial charge in [0.05, 0.1) is 11.5 Å². The first-order valence-electron chi connectivity index (χ1n) is 5.09. The second-order valence-corrected chi connectivity index (χ2v) is 6.23. The van der Waals surface area contributed by atoms with Crippen molar-refractivity contribution in [3.8, 4) is 0 Å². The number of para-hydroxylation sites is 1. The third-order valence-corrected chi connectivity index (χ3v) is 4.41. The molecule has 2 rings (SSSR count). The first kappa shape index (κ1) is 10.5. The van der Waals surface area contributed by atoms with Crippen LogP contribution < -0.4 is 4.90 Å². The van der Waals surface area contributed by atoms with Crippen LogP contribution in [0, 0.1) is 6.92 Å². The van der Waals surface area contributed by atoms with Crippen LogP contribution in [-0.4, -0.2) is 33.0 Å². The molecule has 0 spiro atoms. The molecular formula is C11H15NO2S. The zero-order valence-electron chi connectivity index (χ0n) is 8.81. The third-order valence-electron chi connectivity index (χ3n) is 2.80. The first-order valence-corrected chi connectivity index (χ1v) is 6.92. The van der Waals surface area contributed by atoms with E-state index in [1.807, 2.05) is 18.2 Å². The average Bonchev–Trinajstić information content (AvgIpc) is 2.19. The fraction of sp³-hybridized carbons (Fsp3) is 0.455. The van der Waals surface area contributed by atoms with Crippen molar-refractivity contribution in [3.05, 3.63) is 29.8 Å². The highest BCUT2D eigenvalue weighted by molar-refractivity contribution is 7.91. The highest BCUT2D eigenvalue weighted by atomic mass is 32.2. The van der Waals surface area contributed by atoms with Gasteiger partial charge < -0.3 is 4.90 Å². The lowest BCUT2D eigenvalue weighted by atomic mass is 10.2. The Balaban J connectivity index is 2.18. The van der Waals surface area contributed by atoms with Crippen LogP contribution in [0.25, 0.3) is 0 Å². The number of aryl methyl sites for hydroxylation is 1. The normalized spacial score (nSPS) is 20.2. The fourth-order valence-corrected chi connectivity index (χ4v) is 3.07. The Morgan fingerprint density at radius 3 is 2.33 bits per heavy atom. The molecule has 0 radical (unpaired) electrons. The molecule has 0 atom stereocenters. The molecule has 0 amide bonds. The van der Waals surface area contributed by atoms with Crippen molar-refractivity contribution in [1.82, 2.24) is 0 Å². The van der Waals surface area contributed by atoms with Crippen molar-refractivity contribution < 1.29 is 8.42 Å². The summed E-state index contributed by atoms with van der Waals surface area (Å²) in [5.74, 6) is 0.558. The van der Waals surface area contributed by atoms with E-state index in [-0.39, 0.29) is 11.5 Å². The first-order chi connectivity index (χ1) is 7.08. The average molecular weight is 225 g/mol. The molecule has 1 aromatic carbocycles. The maximum absolute atomic E-state index is 11.3. The Bertz CT molecular complexity index is 439. The number of hydrogen-bond donors (Lipinski definition) is 0. The van der Waals surface area contributed by atoms with E-state index >= 15 is 0 Å². The van der Waals surface area contributed by atoms with Gasteiger partial charge in [0.2, 0.25) is 0 Å². The summed E-state index contributed by atoms with van der Waals surface area (Å²) < 4.78 is 22.6. The summed E-state index contributed by atoms with van der Waals surface area (Å²) in [4.78, 5) is 2.15. The van der Waals surface area contributed by atoms with Crippen molar-refractivity contribution in [2.45, 2.75) is 6.92 Å². The van der Waals surface area contributed by atoms with Gasteiger partial charge in [-0.2, -0.15) is 0 Å². The molecule has 0 bridgehead atoms. The van der Waals surface area contributed by atoms with Crippen LogP contribution in [0.4, 0.5) is 5.69 Å². The molecule has 1 fully saturated rings. The van der Waals surface area contributed by atoms with Gasteiger partial charge in [-0.1, -0.05) is 18.2 Å². The lowest BCUT2D eigenvalue weighted by Crippen LogP contribution is -2.40. The predicted octanol–water partition coefficient (Wildman–Crippen LogP) is 1.23. The number of anilines is 1. The van der Waals surface area contributed by atoms with Gasteiger partial charge in [0.25, 0.3) is 0 Å². The molecule has 1 aliphatic rings. The lowest BCUT2D eigenvalue weighted by Gasteiger charge is -2.29. The zero-order chi connectivity index (χ0) is 10.9. The Morgan fingerprint density at radius 1 is 1.13 bits per heavy atom. The van der Waals surface area contributed by atoms with E-state index < -0.39 is 9.84 Å². The van der Waals surface area contributed by atoms with Gasteiger partial charge in [0.1, 0.15) is 0 Å².